The second-order valence-corrected chi connectivity index (χ2v) is 7.00. The molecule has 3 aromatic heterocycles. The first-order valence-electron chi connectivity index (χ1n) is 9.27. The average molecular weight is 365 g/mol. The predicted octanol–water partition coefficient (Wildman–Crippen LogP) is 4.17. The van der Waals surface area contributed by atoms with Crippen molar-refractivity contribution < 1.29 is 9.53 Å². The molecule has 7 nitrogen and oxygen atoms in total. The Morgan fingerprint density at radius 3 is 2.85 bits per heavy atom. The van der Waals surface area contributed by atoms with Crippen LogP contribution in [0.3, 0.4) is 0 Å². The number of carbonyl (C=O) groups is 1. The fraction of sp³-hybridized carbons (Fsp3) is 0.350. The Morgan fingerprint density at radius 1 is 1.22 bits per heavy atom. The van der Waals surface area contributed by atoms with Crippen molar-refractivity contribution in [1.29, 1.82) is 0 Å². The number of nitrogens with zero attached hydrogens (tertiary/aromatic N) is 3. The number of hydrogen-bond donors (Lipinski definition) is 2. The van der Waals surface area contributed by atoms with Crippen molar-refractivity contribution in [3.63, 3.8) is 0 Å². The first-order valence-corrected chi connectivity index (χ1v) is 9.27. The molecule has 1 aliphatic carbocycles. The van der Waals surface area contributed by atoms with Gasteiger partial charge in [0.25, 0.3) is 0 Å². The van der Waals surface area contributed by atoms with Crippen molar-refractivity contribution in [3.8, 4) is 11.1 Å². The molecule has 0 aliphatic heterocycles. The van der Waals surface area contributed by atoms with E-state index in [0.29, 0.717) is 11.5 Å². The lowest BCUT2D eigenvalue weighted by molar-refractivity contribution is 0.0865. The van der Waals surface area contributed by atoms with E-state index in [9.17, 15) is 4.79 Å². The molecule has 1 amide bonds. The minimum Gasteiger partial charge on any atom is -0.446 e. The maximum absolute atomic E-state index is 12.3. The molecule has 3 aromatic rings. The van der Waals surface area contributed by atoms with Gasteiger partial charge in [-0.2, -0.15) is 0 Å². The minimum absolute atomic E-state index is 0.0179. The van der Waals surface area contributed by atoms with Crippen LogP contribution in [0, 0.1) is 6.92 Å². The maximum atomic E-state index is 12.3. The van der Waals surface area contributed by atoms with E-state index >= 15 is 0 Å². The Bertz CT molecular complexity index is 976. The van der Waals surface area contributed by atoms with Gasteiger partial charge < -0.3 is 14.9 Å². The number of hydrogen-bond acceptors (Lipinski definition) is 5. The van der Waals surface area contributed by atoms with Gasteiger partial charge in [0.15, 0.2) is 0 Å². The molecule has 1 fully saturated rings. The van der Waals surface area contributed by atoms with Crippen LogP contribution < -0.4 is 11.1 Å². The fourth-order valence-corrected chi connectivity index (χ4v) is 3.47. The van der Waals surface area contributed by atoms with E-state index in [1.807, 2.05) is 35.7 Å². The van der Waals surface area contributed by atoms with E-state index in [2.05, 4.69) is 15.3 Å². The standard InChI is InChI=1S/C20H23N5O2/c1-13-17(23-20(26)27-16-5-3-2-4-6-16)9-15(10-22-13)14-7-8-19-24-18(21)12-25(19)11-14/h7-12,16H,2-6,21H2,1H3,(H,23,26). The molecule has 3 N–H and O–H groups in total. The molecule has 0 aromatic carbocycles. The predicted molar refractivity (Wildman–Crippen MR) is 105 cm³/mol. The summed E-state index contributed by atoms with van der Waals surface area (Å²) in [5.41, 5.74) is 9.77. The van der Waals surface area contributed by atoms with Crippen LogP contribution in [0.4, 0.5) is 16.3 Å². The van der Waals surface area contributed by atoms with Gasteiger partial charge in [-0.25, -0.2) is 9.78 Å². The lowest BCUT2D eigenvalue weighted by Crippen LogP contribution is -2.24. The zero-order valence-corrected chi connectivity index (χ0v) is 15.3. The van der Waals surface area contributed by atoms with E-state index < -0.39 is 6.09 Å². The number of carbonyl (C=O) groups excluding carboxylic acids is 1. The van der Waals surface area contributed by atoms with E-state index in [1.54, 1.807) is 12.4 Å². The highest BCUT2D eigenvalue weighted by Crippen LogP contribution is 2.25. The smallest absolute Gasteiger partial charge is 0.411 e. The Kier molecular flexibility index (Phi) is 4.66. The first-order chi connectivity index (χ1) is 13.1. The molecule has 0 unspecified atom stereocenters. The lowest BCUT2D eigenvalue weighted by Gasteiger charge is -2.22. The number of rotatable bonds is 3. The Hall–Kier alpha value is -3.09. The molecule has 0 bridgehead atoms. The number of aryl methyl sites for hydroxylation is 1. The number of pyridine rings is 2. The van der Waals surface area contributed by atoms with Gasteiger partial charge in [-0.15, -0.1) is 0 Å². The van der Waals surface area contributed by atoms with Crippen LogP contribution in [0.2, 0.25) is 0 Å². The number of amides is 1. The van der Waals surface area contributed by atoms with Crippen molar-refractivity contribution in [1.82, 2.24) is 14.4 Å². The Labute approximate surface area is 157 Å². The highest BCUT2D eigenvalue weighted by molar-refractivity contribution is 5.86. The molecular formula is C20H23N5O2. The van der Waals surface area contributed by atoms with Crippen LogP contribution in [0.15, 0.2) is 36.8 Å². The number of ether oxygens (including phenoxy) is 1. The summed E-state index contributed by atoms with van der Waals surface area (Å²) in [7, 11) is 0. The summed E-state index contributed by atoms with van der Waals surface area (Å²) < 4.78 is 7.42. The summed E-state index contributed by atoms with van der Waals surface area (Å²) in [5.74, 6) is 0.474. The Balaban J connectivity index is 1.53. The van der Waals surface area contributed by atoms with Crippen molar-refractivity contribution in [3.05, 3.63) is 42.5 Å². The summed E-state index contributed by atoms with van der Waals surface area (Å²) in [4.78, 5) is 20.9. The number of nitrogens with two attached hydrogens (primary N) is 1. The number of fused-ring (bicyclic) bond motifs is 1. The number of imidazole rings is 1. The van der Waals surface area contributed by atoms with Gasteiger partial charge in [0.1, 0.15) is 17.6 Å². The van der Waals surface area contributed by atoms with Crippen molar-refractivity contribution >= 4 is 23.2 Å². The SMILES string of the molecule is Cc1ncc(-c2ccc3nc(N)cn3c2)cc1NC(=O)OC1CCCCC1. The number of nitrogens with one attached hydrogen (secondary N) is 1. The van der Waals surface area contributed by atoms with Gasteiger partial charge in [-0.05, 0) is 50.8 Å². The van der Waals surface area contributed by atoms with Crippen LogP contribution in [0.5, 0.6) is 0 Å². The topological polar surface area (TPSA) is 94.5 Å². The molecule has 0 radical (unpaired) electrons. The van der Waals surface area contributed by atoms with E-state index in [4.69, 9.17) is 10.5 Å². The molecule has 4 rings (SSSR count). The first kappa shape index (κ1) is 17.3. The molecule has 0 saturated heterocycles. The van der Waals surface area contributed by atoms with E-state index in [0.717, 1.165) is 48.2 Å². The van der Waals surface area contributed by atoms with Crippen LogP contribution >= 0.6 is 0 Å². The summed E-state index contributed by atoms with van der Waals surface area (Å²) in [6.07, 6.45) is 10.4. The molecule has 1 aliphatic rings. The van der Waals surface area contributed by atoms with Gasteiger partial charge in [0.05, 0.1) is 17.6 Å². The van der Waals surface area contributed by atoms with E-state index in [-0.39, 0.29) is 6.10 Å². The largest absolute Gasteiger partial charge is 0.446 e. The molecule has 0 atom stereocenters. The quantitative estimate of drug-likeness (QED) is 0.726. The van der Waals surface area contributed by atoms with Crippen molar-refractivity contribution in [2.75, 3.05) is 11.1 Å². The lowest BCUT2D eigenvalue weighted by atomic mass is 9.98. The third kappa shape index (κ3) is 3.86. The van der Waals surface area contributed by atoms with Gasteiger partial charge >= 0.3 is 6.09 Å². The molecule has 7 heteroatoms. The van der Waals surface area contributed by atoms with Gasteiger partial charge in [-0.3, -0.25) is 10.3 Å². The number of aromatic nitrogens is 3. The monoisotopic (exact) mass is 365 g/mol. The van der Waals surface area contributed by atoms with Gasteiger partial charge in [0.2, 0.25) is 0 Å². The molecular weight excluding hydrogens is 342 g/mol. The maximum Gasteiger partial charge on any atom is 0.411 e. The Morgan fingerprint density at radius 2 is 2.04 bits per heavy atom. The van der Waals surface area contributed by atoms with Crippen LogP contribution in [-0.2, 0) is 4.74 Å². The molecule has 3 heterocycles. The minimum atomic E-state index is -0.415. The highest BCUT2D eigenvalue weighted by atomic mass is 16.6. The van der Waals surface area contributed by atoms with Gasteiger partial charge in [0, 0.05) is 23.5 Å². The highest BCUT2D eigenvalue weighted by Gasteiger charge is 2.18. The average Bonchev–Trinajstić information content (AvgIpc) is 3.03. The molecule has 0 spiro atoms. The third-order valence-electron chi connectivity index (χ3n) is 4.95. The number of anilines is 2. The summed E-state index contributed by atoms with van der Waals surface area (Å²) >= 11 is 0. The van der Waals surface area contributed by atoms with Crippen molar-refractivity contribution in [2.24, 2.45) is 0 Å². The van der Waals surface area contributed by atoms with Gasteiger partial charge in [-0.1, -0.05) is 6.42 Å². The normalized spacial score (nSPS) is 15.0. The molecule has 140 valence electrons. The second kappa shape index (κ2) is 7.26. The van der Waals surface area contributed by atoms with Crippen LogP contribution in [0.1, 0.15) is 37.8 Å². The summed E-state index contributed by atoms with van der Waals surface area (Å²) in [6.45, 7) is 1.86. The van der Waals surface area contributed by atoms with E-state index in [1.165, 1.54) is 6.42 Å². The van der Waals surface area contributed by atoms with Crippen LogP contribution in [-0.4, -0.2) is 26.6 Å². The zero-order chi connectivity index (χ0) is 18.8. The molecule has 1 saturated carbocycles. The van der Waals surface area contributed by atoms with Crippen LogP contribution in [0.25, 0.3) is 16.8 Å². The fourth-order valence-electron chi connectivity index (χ4n) is 3.47. The summed E-state index contributed by atoms with van der Waals surface area (Å²) in [5, 5.41) is 2.85. The molecule has 27 heavy (non-hydrogen) atoms. The summed E-state index contributed by atoms with van der Waals surface area (Å²) in [6, 6.07) is 5.76. The zero-order valence-electron chi connectivity index (χ0n) is 15.3. The number of nitrogen functional groups attached to an aromatic ring is 1. The third-order valence-corrected chi connectivity index (χ3v) is 4.95. The van der Waals surface area contributed by atoms with Crippen molar-refractivity contribution in [2.45, 2.75) is 45.1 Å². The second-order valence-electron chi connectivity index (χ2n) is 7.00.